The fourth-order valence-corrected chi connectivity index (χ4v) is 2.46. The molecule has 2 rings (SSSR count). The Balaban J connectivity index is 2.24. The topological polar surface area (TPSA) is 50.1 Å². The SMILES string of the molecule is COC(=O)C1C2C=CC(C2)C1C#N. The van der Waals surface area contributed by atoms with E-state index in [1.165, 1.54) is 7.11 Å². The molecule has 1 saturated carbocycles. The Morgan fingerprint density at radius 1 is 1.54 bits per heavy atom. The average Bonchev–Trinajstić information content (AvgIpc) is 2.74. The summed E-state index contributed by atoms with van der Waals surface area (Å²) in [6.07, 6.45) is 5.04. The van der Waals surface area contributed by atoms with Crippen molar-refractivity contribution in [2.24, 2.45) is 23.7 Å². The second kappa shape index (κ2) is 2.88. The number of ether oxygens (including phenoxy) is 1. The summed E-state index contributed by atoms with van der Waals surface area (Å²) in [6, 6.07) is 2.21. The van der Waals surface area contributed by atoms with Crippen LogP contribution in [0, 0.1) is 35.0 Å². The predicted molar refractivity (Wildman–Crippen MR) is 45.3 cm³/mol. The van der Waals surface area contributed by atoms with Gasteiger partial charge in [-0.3, -0.25) is 4.79 Å². The van der Waals surface area contributed by atoms with Crippen LogP contribution < -0.4 is 0 Å². The largest absolute Gasteiger partial charge is 0.469 e. The van der Waals surface area contributed by atoms with Gasteiger partial charge in [0.2, 0.25) is 0 Å². The van der Waals surface area contributed by atoms with Crippen molar-refractivity contribution in [3.8, 4) is 6.07 Å². The van der Waals surface area contributed by atoms with Crippen LogP contribution in [0.1, 0.15) is 6.42 Å². The van der Waals surface area contributed by atoms with E-state index in [-0.39, 0.29) is 29.6 Å². The lowest BCUT2D eigenvalue weighted by Crippen LogP contribution is -2.27. The maximum absolute atomic E-state index is 11.4. The third-order valence-electron chi connectivity index (χ3n) is 3.08. The average molecular weight is 177 g/mol. The lowest BCUT2D eigenvalue weighted by atomic mass is 9.84. The number of allylic oxidation sites excluding steroid dienone is 2. The standard InChI is InChI=1S/C10H11NO2/c1-13-10(12)9-7-3-2-6(4-7)8(9)5-11/h2-3,6-9H,4H2,1H3. The number of methoxy groups -OCH3 is 1. The number of fused-ring (bicyclic) bond motifs is 2. The van der Waals surface area contributed by atoms with Gasteiger partial charge in [0.15, 0.2) is 0 Å². The van der Waals surface area contributed by atoms with E-state index in [1.807, 2.05) is 6.08 Å². The highest BCUT2D eigenvalue weighted by atomic mass is 16.5. The molecule has 0 heterocycles. The summed E-state index contributed by atoms with van der Waals surface area (Å²) in [5, 5.41) is 8.91. The zero-order chi connectivity index (χ0) is 9.42. The van der Waals surface area contributed by atoms with E-state index in [9.17, 15) is 4.79 Å². The summed E-state index contributed by atoms with van der Waals surface area (Å²) in [5.74, 6) is -0.1000. The molecule has 0 saturated heterocycles. The van der Waals surface area contributed by atoms with Crippen molar-refractivity contribution in [2.45, 2.75) is 6.42 Å². The summed E-state index contributed by atoms with van der Waals surface area (Å²) in [6.45, 7) is 0. The zero-order valence-corrected chi connectivity index (χ0v) is 7.43. The Labute approximate surface area is 77.0 Å². The Hall–Kier alpha value is -1.30. The highest BCUT2D eigenvalue weighted by molar-refractivity contribution is 5.75. The molecule has 4 unspecified atom stereocenters. The number of hydrogen-bond acceptors (Lipinski definition) is 3. The van der Waals surface area contributed by atoms with Crippen LogP contribution in [0.15, 0.2) is 12.2 Å². The lowest BCUT2D eigenvalue weighted by molar-refractivity contribution is -0.147. The van der Waals surface area contributed by atoms with Crippen molar-refractivity contribution in [1.29, 1.82) is 5.26 Å². The van der Waals surface area contributed by atoms with Crippen LogP contribution in [0.2, 0.25) is 0 Å². The number of hydrogen-bond donors (Lipinski definition) is 0. The van der Waals surface area contributed by atoms with Gasteiger partial charge in [-0.1, -0.05) is 12.2 Å². The minimum atomic E-state index is -0.233. The summed E-state index contributed by atoms with van der Waals surface area (Å²) >= 11 is 0. The number of nitrogens with zero attached hydrogens (tertiary/aromatic N) is 1. The molecule has 0 aromatic carbocycles. The summed E-state index contributed by atoms with van der Waals surface area (Å²) < 4.78 is 4.69. The van der Waals surface area contributed by atoms with E-state index in [0.29, 0.717) is 0 Å². The third-order valence-corrected chi connectivity index (χ3v) is 3.08. The van der Waals surface area contributed by atoms with E-state index in [0.717, 1.165) is 6.42 Å². The molecule has 3 heteroatoms. The molecule has 0 spiro atoms. The molecule has 13 heavy (non-hydrogen) atoms. The minimum absolute atomic E-state index is 0.164. The molecular weight excluding hydrogens is 166 g/mol. The number of rotatable bonds is 1. The first kappa shape index (κ1) is 8.31. The molecule has 2 aliphatic rings. The third kappa shape index (κ3) is 1.06. The van der Waals surface area contributed by atoms with Crippen LogP contribution in [0.4, 0.5) is 0 Å². The van der Waals surface area contributed by atoms with Gasteiger partial charge in [-0.2, -0.15) is 5.26 Å². The smallest absolute Gasteiger partial charge is 0.310 e. The summed E-state index contributed by atoms with van der Waals surface area (Å²) in [5.41, 5.74) is 0. The fraction of sp³-hybridized carbons (Fsp3) is 0.600. The van der Waals surface area contributed by atoms with Crippen LogP contribution in [0.25, 0.3) is 0 Å². The van der Waals surface area contributed by atoms with E-state index < -0.39 is 0 Å². The van der Waals surface area contributed by atoms with E-state index >= 15 is 0 Å². The Morgan fingerprint density at radius 2 is 2.23 bits per heavy atom. The molecule has 3 nitrogen and oxygen atoms in total. The Kier molecular flexibility index (Phi) is 1.84. The molecule has 0 aromatic heterocycles. The molecule has 0 aromatic rings. The molecular formula is C10H11NO2. The fourth-order valence-electron chi connectivity index (χ4n) is 2.46. The van der Waals surface area contributed by atoms with Gasteiger partial charge >= 0.3 is 5.97 Å². The zero-order valence-electron chi connectivity index (χ0n) is 7.43. The van der Waals surface area contributed by atoms with Crippen molar-refractivity contribution in [3.05, 3.63) is 12.2 Å². The lowest BCUT2D eigenvalue weighted by Gasteiger charge is -2.19. The second-order valence-corrected chi connectivity index (χ2v) is 3.65. The quantitative estimate of drug-likeness (QED) is 0.445. The normalized spacial score (nSPS) is 40.3. The number of nitriles is 1. The van der Waals surface area contributed by atoms with Crippen LogP contribution in [-0.2, 0) is 9.53 Å². The highest BCUT2D eigenvalue weighted by Gasteiger charge is 2.48. The van der Waals surface area contributed by atoms with Crippen LogP contribution in [-0.4, -0.2) is 13.1 Å². The second-order valence-electron chi connectivity index (χ2n) is 3.65. The van der Waals surface area contributed by atoms with Gasteiger partial charge in [-0.25, -0.2) is 0 Å². The van der Waals surface area contributed by atoms with E-state index in [4.69, 9.17) is 10.00 Å². The Morgan fingerprint density at radius 3 is 2.85 bits per heavy atom. The maximum Gasteiger partial charge on any atom is 0.310 e. The van der Waals surface area contributed by atoms with Crippen molar-refractivity contribution in [3.63, 3.8) is 0 Å². The van der Waals surface area contributed by atoms with Gasteiger partial charge in [-0.05, 0) is 18.3 Å². The first-order valence-electron chi connectivity index (χ1n) is 4.43. The van der Waals surface area contributed by atoms with Crippen molar-refractivity contribution in [2.75, 3.05) is 7.11 Å². The molecule has 2 bridgehead atoms. The first-order chi connectivity index (χ1) is 6.27. The number of carbonyl (C=O) groups is 1. The molecule has 0 radical (unpaired) electrons. The van der Waals surface area contributed by atoms with Crippen molar-refractivity contribution < 1.29 is 9.53 Å². The molecule has 4 atom stereocenters. The molecule has 0 amide bonds. The van der Waals surface area contributed by atoms with Gasteiger partial charge < -0.3 is 4.74 Å². The van der Waals surface area contributed by atoms with Gasteiger partial charge in [0.05, 0.1) is 25.0 Å². The first-order valence-corrected chi connectivity index (χ1v) is 4.43. The van der Waals surface area contributed by atoms with Gasteiger partial charge in [0.25, 0.3) is 0 Å². The van der Waals surface area contributed by atoms with Crippen LogP contribution >= 0.6 is 0 Å². The molecule has 0 N–H and O–H groups in total. The van der Waals surface area contributed by atoms with Gasteiger partial charge in [-0.15, -0.1) is 0 Å². The number of esters is 1. The predicted octanol–water partition coefficient (Wildman–Crippen LogP) is 1.12. The van der Waals surface area contributed by atoms with Crippen molar-refractivity contribution in [1.82, 2.24) is 0 Å². The molecule has 68 valence electrons. The Bertz CT molecular complexity index is 303. The highest BCUT2D eigenvalue weighted by Crippen LogP contribution is 2.47. The van der Waals surface area contributed by atoms with Gasteiger partial charge in [0.1, 0.15) is 0 Å². The molecule has 1 fully saturated rings. The maximum atomic E-state index is 11.4. The van der Waals surface area contributed by atoms with Crippen LogP contribution in [0.5, 0.6) is 0 Å². The van der Waals surface area contributed by atoms with Crippen LogP contribution in [0.3, 0.4) is 0 Å². The van der Waals surface area contributed by atoms with E-state index in [1.54, 1.807) is 0 Å². The summed E-state index contributed by atoms with van der Waals surface area (Å²) in [4.78, 5) is 11.4. The van der Waals surface area contributed by atoms with E-state index in [2.05, 4.69) is 12.1 Å². The molecule has 0 aliphatic heterocycles. The van der Waals surface area contributed by atoms with Gasteiger partial charge in [0, 0.05) is 0 Å². The summed E-state index contributed by atoms with van der Waals surface area (Å²) in [7, 11) is 1.38. The van der Waals surface area contributed by atoms with Crippen molar-refractivity contribution >= 4 is 5.97 Å². The number of carbonyl (C=O) groups excluding carboxylic acids is 1. The molecule has 2 aliphatic carbocycles. The minimum Gasteiger partial charge on any atom is -0.469 e. The monoisotopic (exact) mass is 177 g/mol.